The van der Waals surface area contributed by atoms with Crippen molar-refractivity contribution in [3.05, 3.63) is 71.7 Å². The van der Waals surface area contributed by atoms with Crippen LogP contribution in [0, 0.1) is 6.92 Å². The van der Waals surface area contributed by atoms with Gasteiger partial charge in [0.25, 0.3) is 0 Å². The van der Waals surface area contributed by atoms with Gasteiger partial charge in [-0.3, -0.25) is 0 Å². The minimum Gasteiger partial charge on any atom is -0.593 e. The van der Waals surface area contributed by atoms with Crippen molar-refractivity contribution in [3.8, 4) is 17.0 Å². The van der Waals surface area contributed by atoms with Crippen molar-refractivity contribution in [2.75, 3.05) is 20.2 Å². The molecule has 0 aliphatic carbocycles. The Bertz CT molecular complexity index is 1050. The average molecular weight is 410 g/mol. The molecule has 2 heterocycles. The van der Waals surface area contributed by atoms with E-state index in [1.165, 1.54) is 0 Å². The fourth-order valence-corrected chi connectivity index (χ4v) is 5.13. The van der Waals surface area contributed by atoms with E-state index in [1.807, 2.05) is 37.3 Å². The van der Waals surface area contributed by atoms with Crippen LogP contribution in [-0.2, 0) is 27.5 Å². The maximum Gasteiger partial charge on any atom is 0.175 e. The molecule has 0 saturated heterocycles. The van der Waals surface area contributed by atoms with Gasteiger partial charge in [-0.25, -0.2) is 9.97 Å². The molecule has 2 aromatic carbocycles. The monoisotopic (exact) mass is 409 g/mol. The van der Waals surface area contributed by atoms with Crippen LogP contribution < -0.4 is 4.74 Å². The first kappa shape index (κ1) is 19.7. The van der Waals surface area contributed by atoms with Crippen LogP contribution >= 0.6 is 0 Å². The average Bonchev–Trinajstić information content (AvgIpc) is 2.97. The van der Waals surface area contributed by atoms with Gasteiger partial charge < -0.3 is 9.29 Å². The SMILES string of the molecule is COc1ccc(-c2nc(C)nc3c2CCN([S+](=O)([O-])c2ccccc2)CC3)cc1. The first-order valence-corrected chi connectivity index (χ1v) is 11.0. The second-order valence-electron chi connectivity index (χ2n) is 6.99. The fraction of sp³-hybridized carbons (Fsp3) is 0.273. The molecule has 1 unspecified atom stereocenters. The van der Waals surface area contributed by atoms with Crippen LogP contribution in [0.2, 0.25) is 0 Å². The molecule has 1 aromatic heterocycles. The van der Waals surface area contributed by atoms with Gasteiger partial charge in [0.2, 0.25) is 0 Å². The predicted octanol–water partition coefficient (Wildman–Crippen LogP) is 3.47. The van der Waals surface area contributed by atoms with Crippen molar-refractivity contribution < 1.29 is 13.5 Å². The van der Waals surface area contributed by atoms with E-state index in [-0.39, 0.29) is 0 Å². The third-order valence-corrected chi connectivity index (χ3v) is 7.07. The van der Waals surface area contributed by atoms with Gasteiger partial charge in [-0.2, -0.15) is 0 Å². The summed E-state index contributed by atoms with van der Waals surface area (Å²) in [4.78, 5) is 9.63. The summed E-state index contributed by atoms with van der Waals surface area (Å²) in [6, 6.07) is 16.3. The fourth-order valence-electron chi connectivity index (χ4n) is 3.67. The highest BCUT2D eigenvalue weighted by Gasteiger charge is 2.32. The van der Waals surface area contributed by atoms with Crippen molar-refractivity contribution >= 4 is 10.4 Å². The first-order chi connectivity index (χ1) is 14.0. The van der Waals surface area contributed by atoms with Crippen LogP contribution in [0.3, 0.4) is 0 Å². The second-order valence-corrected chi connectivity index (χ2v) is 8.93. The highest BCUT2D eigenvalue weighted by Crippen LogP contribution is 2.30. The Morgan fingerprint density at radius 1 is 1.00 bits per heavy atom. The minimum atomic E-state index is -3.53. The van der Waals surface area contributed by atoms with Gasteiger partial charge in [-0.05, 0) is 49.7 Å². The van der Waals surface area contributed by atoms with Crippen LogP contribution in [0.15, 0.2) is 59.5 Å². The quantitative estimate of drug-likeness (QED) is 0.617. The summed E-state index contributed by atoms with van der Waals surface area (Å²) in [5.74, 6) is 1.47. The molecular formula is C22H23N3O3S. The number of methoxy groups -OCH3 is 1. The van der Waals surface area contributed by atoms with Gasteiger partial charge in [0.05, 0.1) is 12.8 Å². The third-order valence-electron chi connectivity index (χ3n) is 5.16. The molecule has 150 valence electrons. The van der Waals surface area contributed by atoms with E-state index >= 15 is 0 Å². The highest BCUT2D eigenvalue weighted by molar-refractivity contribution is 7.95. The molecule has 1 atom stereocenters. The van der Waals surface area contributed by atoms with E-state index < -0.39 is 10.4 Å². The molecule has 6 nitrogen and oxygen atoms in total. The Hall–Kier alpha value is -2.61. The molecule has 0 amide bonds. The van der Waals surface area contributed by atoms with E-state index in [4.69, 9.17) is 4.74 Å². The summed E-state index contributed by atoms with van der Waals surface area (Å²) < 4.78 is 32.9. The van der Waals surface area contributed by atoms with Gasteiger partial charge >= 0.3 is 0 Å². The lowest BCUT2D eigenvalue weighted by molar-refractivity contribution is 0.363. The molecule has 1 aliphatic heterocycles. The normalized spacial score (nSPS) is 16.5. The number of benzene rings is 2. The molecule has 3 aromatic rings. The Kier molecular flexibility index (Phi) is 5.45. The highest BCUT2D eigenvalue weighted by atomic mass is 32.3. The zero-order valence-electron chi connectivity index (χ0n) is 16.5. The van der Waals surface area contributed by atoms with Gasteiger partial charge in [0.1, 0.15) is 11.6 Å². The zero-order chi connectivity index (χ0) is 20.4. The summed E-state index contributed by atoms with van der Waals surface area (Å²) in [5.41, 5.74) is 3.79. The van der Waals surface area contributed by atoms with Crippen LogP contribution in [0.4, 0.5) is 0 Å². The second kappa shape index (κ2) is 8.02. The van der Waals surface area contributed by atoms with Gasteiger partial charge in [-0.1, -0.05) is 22.4 Å². The van der Waals surface area contributed by atoms with E-state index in [0.29, 0.717) is 36.7 Å². The number of hydrogen-bond acceptors (Lipinski definition) is 5. The van der Waals surface area contributed by atoms with Crippen molar-refractivity contribution in [2.24, 2.45) is 0 Å². The number of aromatic nitrogens is 2. The lowest BCUT2D eigenvalue weighted by Crippen LogP contribution is -2.38. The number of ether oxygens (including phenoxy) is 1. The van der Waals surface area contributed by atoms with Crippen LogP contribution in [-0.4, -0.2) is 39.0 Å². The number of sulfonamides is 1. The lowest BCUT2D eigenvalue weighted by Gasteiger charge is -2.25. The van der Waals surface area contributed by atoms with Crippen molar-refractivity contribution in [1.29, 1.82) is 0 Å². The molecule has 0 saturated carbocycles. The van der Waals surface area contributed by atoms with Gasteiger partial charge in [-0.15, -0.1) is 4.31 Å². The molecule has 0 N–H and O–H groups in total. The van der Waals surface area contributed by atoms with Crippen LogP contribution in [0.5, 0.6) is 5.75 Å². The van der Waals surface area contributed by atoms with Crippen molar-refractivity contribution in [2.45, 2.75) is 24.7 Å². The molecule has 0 spiro atoms. The minimum absolute atomic E-state index is 0.323. The molecule has 0 fully saturated rings. The molecule has 29 heavy (non-hydrogen) atoms. The molecule has 7 heteroatoms. The Morgan fingerprint density at radius 3 is 2.38 bits per heavy atom. The summed E-state index contributed by atoms with van der Waals surface area (Å²) in [7, 11) is -1.89. The Labute approximate surface area is 172 Å². The van der Waals surface area contributed by atoms with Crippen molar-refractivity contribution in [1.82, 2.24) is 14.3 Å². The first-order valence-electron chi connectivity index (χ1n) is 9.55. The maximum absolute atomic E-state index is 13.1. The van der Waals surface area contributed by atoms with E-state index in [2.05, 4.69) is 9.97 Å². The van der Waals surface area contributed by atoms with Gasteiger partial charge in [0.15, 0.2) is 15.3 Å². The standard InChI is InChI=1S/C22H23N3O3S/c1-16-23-21-13-15-25(29(26,27)19-6-4-3-5-7-19)14-12-20(21)22(24-16)17-8-10-18(28-2)11-9-17/h3-11H,12-15H2,1-2H3. The number of hydrogen-bond donors (Lipinski definition) is 0. The van der Waals surface area contributed by atoms with E-state index in [9.17, 15) is 8.76 Å². The van der Waals surface area contributed by atoms with E-state index in [1.54, 1.807) is 35.7 Å². The maximum atomic E-state index is 13.1. The number of fused-ring (bicyclic) bond motifs is 1. The smallest absolute Gasteiger partial charge is 0.175 e. The summed E-state index contributed by atoms with van der Waals surface area (Å²) in [6.07, 6.45) is 1.14. The zero-order valence-corrected chi connectivity index (χ0v) is 17.3. The number of rotatable bonds is 4. The molecule has 1 aliphatic rings. The molecule has 0 bridgehead atoms. The van der Waals surface area contributed by atoms with Crippen molar-refractivity contribution in [3.63, 3.8) is 0 Å². The van der Waals surface area contributed by atoms with Crippen LogP contribution in [0.1, 0.15) is 17.1 Å². The summed E-state index contributed by atoms with van der Waals surface area (Å²) in [5, 5.41) is 0. The molecule has 0 radical (unpaired) electrons. The summed E-state index contributed by atoms with van der Waals surface area (Å²) >= 11 is 0. The topological polar surface area (TPSA) is 78.4 Å². The lowest BCUT2D eigenvalue weighted by atomic mass is 10.0. The largest absolute Gasteiger partial charge is 0.593 e. The third kappa shape index (κ3) is 3.94. The summed E-state index contributed by atoms with van der Waals surface area (Å²) in [6.45, 7) is 2.68. The Balaban J connectivity index is 1.67. The molecular weight excluding hydrogens is 386 g/mol. The number of nitrogens with zero attached hydrogens (tertiary/aromatic N) is 3. The molecule has 4 rings (SSSR count). The Morgan fingerprint density at radius 2 is 1.69 bits per heavy atom. The van der Waals surface area contributed by atoms with Crippen LogP contribution in [0.25, 0.3) is 11.3 Å². The van der Waals surface area contributed by atoms with E-state index in [0.717, 1.165) is 28.3 Å². The van der Waals surface area contributed by atoms with Gasteiger partial charge in [0, 0.05) is 36.3 Å². The number of aryl methyl sites for hydroxylation is 1. The predicted molar refractivity (Wildman–Crippen MR) is 111 cm³/mol.